The lowest BCUT2D eigenvalue weighted by molar-refractivity contribution is 0.217. The zero-order chi connectivity index (χ0) is 9.10. The predicted molar refractivity (Wildman–Crippen MR) is 54.2 cm³/mol. The summed E-state index contributed by atoms with van der Waals surface area (Å²) in [5, 5.41) is 1.92. The van der Waals surface area contributed by atoms with Crippen LogP contribution in [-0.4, -0.2) is 18.1 Å². The van der Waals surface area contributed by atoms with Gasteiger partial charge in [0.2, 0.25) is 0 Å². The van der Waals surface area contributed by atoms with Crippen LogP contribution in [0.3, 0.4) is 0 Å². The van der Waals surface area contributed by atoms with E-state index in [1.54, 1.807) is 0 Å². The fourth-order valence-corrected chi connectivity index (χ4v) is 1.96. The first-order valence-corrected chi connectivity index (χ1v) is 4.91. The molecule has 0 spiro atoms. The Kier molecular flexibility index (Phi) is 2.62. The molecule has 1 aromatic carbocycles. The second kappa shape index (κ2) is 3.90. The minimum Gasteiger partial charge on any atom is -0.269 e. The molecule has 0 aliphatic carbocycles. The van der Waals surface area contributed by atoms with Crippen molar-refractivity contribution in [1.82, 2.24) is 5.01 Å². The average molecular weight is 176 g/mol. The van der Waals surface area contributed by atoms with Gasteiger partial charge < -0.3 is 0 Å². The molecule has 1 heterocycles. The topological polar surface area (TPSA) is 29.3 Å². The number of benzene rings is 1. The zero-order valence-electron chi connectivity index (χ0n) is 7.82. The Morgan fingerprint density at radius 2 is 1.69 bits per heavy atom. The van der Waals surface area contributed by atoms with Gasteiger partial charge in [0.05, 0.1) is 0 Å². The summed E-state index contributed by atoms with van der Waals surface area (Å²) in [4.78, 5) is 0. The minimum absolute atomic E-state index is 0.723. The molecule has 13 heavy (non-hydrogen) atoms. The van der Waals surface area contributed by atoms with E-state index in [2.05, 4.69) is 30.3 Å². The lowest BCUT2D eigenvalue weighted by atomic mass is 9.90. The number of hydrogen-bond donors (Lipinski definition) is 1. The van der Waals surface area contributed by atoms with Crippen LogP contribution in [0, 0.1) is 0 Å². The van der Waals surface area contributed by atoms with Gasteiger partial charge in [-0.1, -0.05) is 30.3 Å². The fourth-order valence-electron chi connectivity index (χ4n) is 1.96. The molecule has 2 N–H and O–H groups in total. The van der Waals surface area contributed by atoms with E-state index in [9.17, 15) is 0 Å². The number of hydrogen-bond acceptors (Lipinski definition) is 2. The van der Waals surface area contributed by atoms with Crippen molar-refractivity contribution in [1.29, 1.82) is 0 Å². The smallest absolute Gasteiger partial charge is 0.0134 e. The molecule has 0 atom stereocenters. The van der Waals surface area contributed by atoms with E-state index in [1.807, 2.05) is 5.01 Å². The zero-order valence-corrected chi connectivity index (χ0v) is 7.82. The lowest BCUT2D eigenvalue weighted by Gasteiger charge is -2.28. The summed E-state index contributed by atoms with van der Waals surface area (Å²) in [5.41, 5.74) is 1.47. The summed E-state index contributed by atoms with van der Waals surface area (Å²) >= 11 is 0. The van der Waals surface area contributed by atoms with Crippen LogP contribution in [0.1, 0.15) is 24.3 Å². The Hall–Kier alpha value is -0.860. The molecular weight excluding hydrogens is 160 g/mol. The highest BCUT2D eigenvalue weighted by Gasteiger charge is 2.17. The number of nitrogens with zero attached hydrogens (tertiary/aromatic N) is 1. The molecule has 1 aromatic rings. The van der Waals surface area contributed by atoms with Gasteiger partial charge in [0, 0.05) is 13.1 Å². The molecule has 0 aromatic heterocycles. The molecule has 0 saturated carbocycles. The number of nitrogens with two attached hydrogens (primary N) is 1. The molecule has 2 heteroatoms. The summed E-state index contributed by atoms with van der Waals surface area (Å²) in [6.45, 7) is 2.05. The van der Waals surface area contributed by atoms with Gasteiger partial charge in [-0.05, 0) is 24.3 Å². The maximum atomic E-state index is 5.71. The summed E-state index contributed by atoms with van der Waals surface area (Å²) < 4.78 is 0. The molecule has 0 bridgehead atoms. The van der Waals surface area contributed by atoms with Gasteiger partial charge in [-0.2, -0.15) is 0 Å². The molecular formula is C11H16N2. The van der Waals surface area contributed by atoms with Crippen molar-refractivity contribution in [3.63, 3.8) is 0 Å². The number of rotatable bonds is 1. The van der Waals surface area contributed by atoms with Crippen LogP contribution >= 0.6 is 0 Å². The van der Waals surface area contributed by atoms with Crippen molar-refractivity contribution >= 4 is 0 Å². The standard InChI is InChI=1S/C11H16N2/c12-13-8-6-11(7-9-13)10-4-2-1-3-5-10/h1-5,11H,6-9,12H2. The summed E-state index contributed by atoms with van der Waals surface area (Å²) in [6, 6.07) is 10.7. The van der Waals surface area contributed by atoms with E-state index in [0.717, 1.165) is 19.0 Å². The molecule has 1 fully saturated rings. The molecule has 0 radical (unpaired) electrons. The monoisotopic (exact) mass is 176 g/mol. The van der Waals surface area contributed by atoms with Crippen LogP contribution in [0.2, 0.25) is 0 Å². The quantitative estimate of drug-likeness (QED) is 0.660. The molecule has 1 aliphatic heterocycles. The van der Waals surface area contributed by atoms with Crippen molar-refractivity contribution in [2.24, 2.45) is 5.84 Å². The highest BCUT2D eigenvalue weighted by molar-refractivity contribution is 5.19. The number of piperidine rings is 1. The predicted octanol–water partition coefficient (Wildman–Crippen LogP) is 1.74. The van der Waals surface area contributed by atoms with Gasteiger partial charge >= 0.3 is 0 Å². The summed E-state index contributed by atoms with van der Waals surface area (Å²) in [7, 11) is 0. The third kappa shape index (κ3) is 2.08. The van der Waals surface area contributed by atoms with Crippen LogP contribution in [0.5, 0.6) is 0 Å². The van der Waals surface area contributed by atoms with Gasteiger partial charge in [-0.15, -0.1) is 0 Å². The van der Waals surface area contributed by atoms with Crippen molar-refractivity contribution in [2.45, 2.75) is 18.8 Å². The maximum Gasteiger partial charge on any atom is 0.0134 e. The molecule has 0 amide bonds. The summed E-state index contributed by atoms with van der Waals surface area (Å²) in [6.07, 6.45) is 2.39. The second-order valence-corrected chi connectivity index (χ2v) is 3.72. The van der Waals surface area contributed by atoms with Crippen molar-refractivity contribution in [3.8, 4) is 0 Å². The van der Waals surface area contributed by atoms with Gasteiger partial charge in [-0.3, -0.25) is 5.84 Å². The first-order chi connectivity index (χ1) is 6.36. The van der Waals surface area contributed by atoms with Gasteiger partial charge in [0.1, 0.15) is 0 Å². The third-order valence-corrected chi connectivity index (χ3v) is 2.80. The van der Waals surface area contributed by atoms with E-state index in [0.29, 0.717) is 0 Å². The molecule has 2 rings (SSSR count). The van der Waals surface area contributed by atoms with Crippen LogP contribution in [0.25, 0.3) is 0 Å². The molecule has 2 nitrogen and oxygen atoms in total. The number of hydrazine groups is 1. The first kappa shape index (κ1) is 8.73. The fraction of sp³-hybridized carbons (Fsp3) is 0.455. The van der Waals surface area contributed by atoms with Gasteiger partial charge in [-0.25, -0.2) is 5.01 Å². The normalized spacial score (nSPS) is 20.4. The molecule has 70 valence electrons. The largest absolute Gasteiger partial charge is 0.269 e. The van der Waals surface area contributed by atoms with Crippen molar-refractivity contribution in [3.05, 3.63) is 35.9 Å². The Morgan fingerprint density at radius 3 is 2.31 bits per heavy atom. The highest BCUT2D eigenvalue weighted by atomic mass is 15.4. The van der Waals surface area contributed by atoms with Crippen LogP contribution in [-0.2, 0) is 0 Å². The third-order valence-electron chi connectivity index (χ3n) is 2.80. The molecule has 1 aliphatic rings. The van der Waals surface area contributed by atoms with E-state index in [-0.39, 0.29) is 0 Å². The molecule has 0 unspecified atom stereocenters. The Labute approximate surface area is 79.3 Å². The van der Waals surface area contributed by atoms with Crippen LogP contribution in [0.4, 0.5) is 0 Å². The van der Waals surface area contributed by atoms with E-state index in [1.165, 1.54) is 18.4 Å². The second-order valence-electron chi connectivity index (χ2n) is 3.72. The molecule has 1 saturated heterocycles. The van der Waals surface area contributed by atoms with Crippen molar-refractivity contribution < 1.29 is 0 Å². The van der Waals surface area contributed by atoms with Crippen LogP contribution in [0.15, 0.2) is 30.3 Å². The summed E-state index contributed by atoms with van der Waals surface area (Å²) in [5.74, 6) is 6.43. The SMILES string of the molecule is NN1CCC(c2ccccc2)CC1. The maximum absolute atomic E-state index is 5.71. The minimum atomic E-state index is 0.723. The first-order valence-electron chi connectivity index (χ1n) is 4.91. The van der Waals surface area contributed by atoms with E-state index >= 15 is 0 Å². The van der Waals surface area contributed by atoms with Gasteiger partial charge in [0.15, 0.2) is 0 Å². The Bertz CT molecular complexity index is 250. The Balaban J connectivity index is 2.03. The lowest BCUT2D eigenvalue weighted by Crippen LogP contribution is -2.38. The van der Waals surface area contributed by atoms with Crippen LogP contribution < -0.4 is 5.84 Å². The average Bonchev–Trinajstić information content (AvgIpc) is 2.20. The van der Waals surface area contributed by atoms with E-state index < -0.39 is 0 Å². The van der Waals surface area contributed by atoms with Crippen molar-refractivity contribution in [2.75, 3.05) is 13.1 Å². The van der Waals surface area contributed by atoms with E-state index in [4.69, 9.17) is 5.84 Å². The Morgan fingerprint density at radius 1 is 1.08 bits per heavy atom. The van der Waals surface area contributed by atoms with Gasteiger partial charge in [0.25, 0.3) is 0 Å². The highest BCUT2D eigenvalue weighted by Crippen LogP contribution is 2.26.